The van der Waals surface area contributed by atoms with Crippen molar-refractivity contribution in [2.24, 2.45) is 0 Å². The highest BCUT2D eigenvalue weighted by Crippen LogP contribution is 2.18. The van der Waals surface area contributed by atoms with E-state index in [9.17, 15) is 14.7 Å². The minimum absolute atomic E-state index is 0.0122. The number of hydrogen-bond donors (Lipinski definition) is 0. The molecule has 0 aliphatic carbocycles. The van der Waals surface area contributed by atoms with Crippen LogP contribution in [0.2, 0.25) is 0 Å². The summed E-state index contributed by atoms with van der Waals surface area (Å²) in [5.74, 6) is -0.806. The number of aromatic carboxylic acids is 1. The van der Waals surface area contributed by atoms with E-state index in [1.54, 1.807) is 31.2 Å². The highest BCUT2D eigenvalue weighted by molar-refractivity contribution is 9.10. The van der Waals surface area contributed by atoms with Gasteiger partial charge in [0.15, 0.2) is 0 Å². The molecule has 3 aromatic rings. The standard InChI is InChI=1S/C16H11BrN2O3/c1-9-18-14-6-5-11(17)8-13(14)15(20)19(9)12-4-2-3-10(7-12)16(21)22/h2-8H,1H3,(H,21,22)/p-1. The minimum atomic E-state index is -1.29. The summed E-state index contributed by atoms with van der Waals surface area (Å²) in [6.07, 6.45) is 0. The molecule has 5 nitrogen and oxygen atoms in total. The van der Waals surface area contributed by atoms with Gasteiger partial charge in [-0.15, -0.1) is 0 Å². The van der Waals surface area contributed by atoms with Gasteiger partial charge >= 0.3 is 0 Å². The van der Waals surface area contributed by atoms with Crippen LogP contribution in [-0.4, -0.2) is 15.5 Å². The molecule has 0 aliphatic rings. The van der Waals surface area contributed by atoms with Crippen LogP contribution in [0.3, 0.4) is 0 Å². The van der Waals surface area contributed by atoms with Gasteiger partial charge in [0.2, 0.25) is 0 Å². The summed E-state index contributed by atoms with van der Waals surface area (Å²) in [6.45, 7) is 1.70. The van der Waals surface area contributed by atoms with Crippen molar-refractivity contribution in [1.29, 1.82) is 0 Å². The summed E-state index contributed by atoms with van der Waals surface area (Å²) in [7, 11) is 0. The van der Waals surface area contributed by atoms with Crippen molar-refractivity contribution >= 4 is 32.8 Å². The number of nitrogens with zero attached hydrogens (tertiary/aromatic N) is 2. The summed E-state index contributed by atoms with van der Waals surface area (Å²) in [4.78, 5) is 28.1. The first-order chi connectivity index (χ1) is 10.5. The van der Waals surface area contributed by atoms with Gasteiger partial charge in [0, 0.05) is 4.47 Å². The number of aryl methyl sites for hydroxylation is 1. The van der Waals surface area contributed by atoms with E-state index in [-0.39, 0.29) is 11.1 Å². The highest BCUT2D eigenvalue weighted by Gasteiger charge is 2.10. The zero-order chi connectivity index (χ0) is 15.9. The second-order valence-electron chi connectivity index (χ2n) is 4.80. The summed E-state index contributed by atoms with van der Waals surface area (Å²) in [6, 6.07) is 11.3. The quantitative estimate of drug-likeness (QED) is 0.700. The van der Waals surface area contributed by atoms with E-state index in [0.717, 1.165) is 4.47 Å². The summed E-state index contributed by atoms with van der Waals surface area (Å²) >= 11 is 3.33. The fourth-order valence-electron chi connectivity index (χ4n) is 2.34. The average Bonchev–Trinajstić information content (AvgIpc) is 2.48. The molecule has 0 aliphatic heterocycles. The van der Waals surface area contributed by atoms with Crippen LogP contribution in [0.15, 0.2) is 51.7 Å². The number of aromatic nitrogens is 2. The molecule has 22 heavy (non-hydrogen) atoms. The zero-order valence-electron chi connectivity index (χ0n) is 11.5. The number of hydrogen-bond acceptors (Lipinski definition) is 4. The number of carbonyl (C=O) groups is 1. The fraction of sp³-hybridized carbons (Fsp3) is 0.0625. The third kappa shape index (κ3) is 2.42. The van der Waals surface area contributed by atoms with Crippen molar-refractivity contribution in [1.82, 2.24) is 9.55 Å². The van der Waals surface area contributed by atoms with Gasteiger partial charge in [-0.2, -0.15) is 0 Å². The summed E-state index contributed by atoms with van der Waals surface area (Å²) in [5.41, 5.74) is 0.800. The van der Waals surface area contributed by atoms with E-state index in [4.69, 9.17) is 0 Å². The van der Waals surface area contributed by atoms with Crippen molar-refractivity contribution in [3.8, 4) is 5.69 Å². The number of rotatable bonds is 2. The molecular weight excluding hydrogens is 348 g/mol. The maximum Gasteiger partial charge on any atom is 0.265 e. The first kappa shape index (κ1) is 14.5. The molecule has 0 bridgehead atoms. The molecule has 0 amide bonds. The molecule has 0 radical (unpaired) electrons. The van der Waals surface area contributed by atoms with Gasteiger partial charge in [-0.3, -0.25) is 9.36 Å². The molecule has 0 N–H and O–H groups in total. The van der Waals surface area contributed by atoms with Gasteiger partial charge < -0.3 is 9.90 Å². The Kier molecular flexibility index (Phi) is 3.54. The third-order valence-electron chi connectivity index (χ3n) is 3.34. The molecule has 6 heteroatoms. The molecule has 0 fully saturated rings. The maximum atomic E-state index is 12.7. The van der Waals surface area contributed by atoms with Crippen LogP contribution in [0.5, 0.6) is 0 Å². The number of halogens is 1. The Labute approximate surface area is 134 Å². The Morgan fingerprint density at radius 3 is 2.73 bits per heavy atom. The van der Waals surface area contributed by atoms with Crippen molar-refractivity contribution < 1.29 is 9.90 Å². The molecule has 0 unspecified atom stereocenters. The number of carboxylic acid groups (broad SMARTS) is 1. The van der Waals surface area contributed by atoms with E-state index in [1.807, 2.05) is 6.07 Å². The lowest BCUT2D eigenvalue weighted by molar-refractivity contribution is -0.255. The predicted octanol–water partition coefficient (Wildman–Crippen LogP) is 1.82. The number of carbonyl (C=O) groups excluding carboxylic acids is 1. The SMILES string of the molecule is Cc1nc2ccc(Br)cc2c(=O)n1-c1cccc(C(=O)[O-])c1. The number of fused-ring (bicyclic) bond motifs is 1. The predicted molar refractivity (Wildman–Crippen MR) is 84.1 cm³/mol. The lowest BCUT2D eigenvalue weighted by atomic mass is 10.2. The first-order valence-electron chi connectivity index (χ1n) is 6.48. The smallest absolute Gasteiger partial charge is 0.265 e. The van der Waals surface area contributed by atoms with Crippen LogP contribution >= 0.6 is 15.9 Å². The molecule has 0 saturated heterocycles. The Balaban J connectivity index is 2.33. The van der Waals surface area contributed by atoms with Crippen molar-refractivity contribution in [3.63, 3.8) is 0 Å². The van der Waals surface area contributed by atoms with E-state index in [1.165, 1.54) is 16.7 Å². The molecule has 0 atom stereocenters. The minimum Gasteiger partial charge on any atom is -0.545 e. The van der Waals surface area contributed by atoms with E-state index >= 15 is 0 Å². The van der Waals surface area contributed by atoms with Crippen molar-refractivity contribution in [2.75, 3.05) is 0 Å². The van der Waals surface area contributed by atoms with Gasteiger partial charge in [-0.25, -0.2) is 4.98 Å². The van der Waals surface area contributed by atoms with Gasteiger partial charge in [-0.05, 0) is 42.8 Å². The largest absolute Gasteiger partial charge is 0.545 e. The monoisotopic (exact) mass is 357 g/mol. The highest BCUT2D eigenvalue weighted by atomic mass is 79.9. The van der Waals surface area contributed by atoms with Gasteiger partial charge in [0.05, 0.1) is 22.6 Å². The van der Waals surface area contributed by atoms with Crippen LogP contribution in [0.1, 0.15) is 16.2 Å². The summed E-state index contributed by atoms with van der Waals surface area (Å²) < 4.78 is 2.17. The Morgan fingerprint density at radius 2 is 2.00 bits per heavy atom. The molecule has 2 aromatic carbocycles. The second kappa shape index (κ2) is 5.38. The Morgan fingerprint density at radius 1 is 1.23 bits per heavy atom. The lowest BCUT2D eigenvalue weighted by Gasteiger charge is -2.12. The number of carboxylic acids is 1. The molecule has 0 saturated carbocycles. The van der Waals surface area contributed by atoms with Crippen molar-refractivity contribution in [2.45, 2.75) is 6.92 Å². The third-order valence-corrected chi connectivity index (χ3v) is 3.83. The van der Waals surface area contributed by atoms with Gasteiger partial charge in [0.1, 0.15) is 5.82 Å². The van der Waals surface area contributed by atoms with E-state index in [2.05, 4.69) is 20.9 Å². The van der Waals surface area contributed by atoms with Gasteiger partial charge in [-0.1, -0.05) is 28.1 Å². The van der Waals surface area contributed by atoms with E-state index in [0.29, 0.717) is 22.4 Å². The number of benzene rings is 2. The Bertz CT molecular complexity index is 963. The molecule has 1 heterocycles. The first-order valence-corrected chi connectivity index (χ1v) is 7.27. The normalized spacial score (nSPS) is 10.8. The molecular formula is C16H10BrN2O3-. The second-order valence-corrected chi connectivity index (χ2v) is 5.71. The maximum absolute atomic E-state index is 12.7. The topological polar surface area (TPSA) is 75.0 Å². The van der Waals surface area contributed by atoms with Crippen LogP contribution in [-0.2, 0) is 0 Å². The fourth-order valence-corrected chi connectivity index (χ4v) is 2.71. The van der Waals surface area contributed by atoms with Crippen LogP contribution in [0.4, 0.5) is 0 Å². The van der Waals surface area contributed by atoms with E-state index < -0.39 is 5.97 Å². The lowest BCUT2D eigenvalue weighted by Crippen LogP contribution is -2.24. The van der Waals surface area contributed by atoms with Crippen LogP contribution < -0.4 is 10.7 Å². The zero-order valence-corrected chi connectivity index (χ0v) is 13.1. The van der Waals surface area contributed by atoms with Gasteiger partial charge in [0.25, 0.3) is 5.56 Å². The van der Waals surface area contributed by atoms with Crippen molar-refractivity contribution in [3.05, 3.63) is 68.7 Å². The van der Waals surface area contributed by atoms with Crippen LogP contribution in [0.25, 0.3) is 16.6 Å². The van der Waals surface area contributed by atoms with Crippen LogP contribution in [0, 0.1) is 6.92 Å². The molecule has 1 aromatic heterocycles. The summed E-state index contributed by atoms with van der Waals surface area (Å²) in [5, 5.41) is 11.4. The molecule has 0 spiro atoms. The Hall–Kier alpha value is -2.47. The molecule has 3 rings (SSSR count). The average molecular weight is 358 g/mol. The molecule has 110 valence electrons.